The summed E-state index contributed by atoms with van der Waals surface area (Å²) in [6.07, 6.45) is 0. The number of rotatable bonds is 2. The van der Waals surface area contributed by atoms with Gasteiger partial charge >= 0.3 is 0 Å². The lowest BCUT2D eigenvalue weighted by Crippen LogP contribution is -1.89. The van der Waals surface area contributed by atoms with Crippen LogP contribution in [0.15, 0.2) is 72.8 Å². The van der Waals surface area contributed by atoms with Crippen LogP contribution in [0.3, 0.4) is 0 Å². The first-order valence-electron chi connectivity index (χ1n) is 8.08. The molecule has 0 aliphatic heterocycles. The van der Waals surface area contributed by atoms with Crippen LogP contribution in [-0.4, -0.2) is 9.97 Å². The molecule has 0 aliphatic carbocycles. The highest BCUT2D eigenvalue weighted by Crippen LogP contribution is 2.20. The molecule has 0 radical (unpaired) electrons. The Morgan fingerprint density at radius 1 is 0.800 bits per heavy atom. The van der Waals surface area contributed by atoms with Gasteiger partial charge in [0, 0.05) is 16.1 Å². The fourth-order valence-corrected chi connectivity index (χ4v) is 2.92. The Morgan fingerprint density at radius 3 is 1.96 bits per heavy atom. The van der Waals surface area contributed by atoms with E-state index in [1.807, 2.05) is 61.5 Å². The van der Waals surface area contributed by atoms with E-state index in [2.05, 4.69) is 44.1 Å². The van der Waals surface area contributed by atoms with Gasteiger partial charge in [-0.2, -0.15) is 0 Å². The number of pyridine rings is 2. The quantitative estimate of drug-likeness (QED) is 0.343. The van der Waals surface area contributed by atoms with Crippen molar-refractivity contribution in [3.8, 4) is 0 Å². The number of fused-ring (bicyclic) bond motifs is 2. The van der Waals surface area contributed by atoms with Crippen molar-refractivity contribution in [1.29, 1.82) is 0 Å². The number of hydrogen-bond donors (Lipinski definition) is 0. The molecule has 4 aromatic rings. The first-order valence-corrected chi connectivity index (χ1v) is 9.63. The molecular formula is C21H18BrClN2. The number of para-hydroxylation sites is 2. The van der Waals surface area contributed by atoms with Crippen LogP contribution in [-0.2, 0) is 5.33 Å². The van der Waals surface area contributed by atoms with Crippen LogP contribution in [0, 0.1) is 0 Å². The molecule has 1 unspecified atom stereocenters. The Bertz CT molecular complexity index is 985. The molecule has 2 nitrogen and oxygen atoms in total. The van der Waals surface area contributed by atoms with Gasteiger partial charge in [-0.05, 0) is 31.2 Å². The molecule has 0 spiro atoms. The minimum absolute atomic E-state index is 0.0235. The number of aromatic nitrogens is 2. The fourth-order valence-electron chi connectivity index (χ4n) is 2.49. The van der Waals surface area contributed by atoms with Crippen molar-refractivity contribution < 1.29 is 0 Å². The minimum Gasteiger partial charge on any atom is -0.252 e. The lowest BCUT2D eigenvalue weighted by atomic mass is 10.2. The second kappa shape index (κ2) is 8.41. The summed E-state index contributed by atoms with van der Waals surface area (Å²) in [5, 5.41) is 3.15. The number of hydrogen-bond acceptors (Lipinski definition) is 2. The molecule has 0 amide bonds. The van der Waals surface area contributed by atoms with Gasteiger partial charge in [0.25, 0.3) is 0 Å². The average molecular weight is 414 g/mol. The van der Waals surface area contributed by atoms with Crippen LogP contribution >= 0.6 is 27.5 Å². The first kappa shape index (κ1) is 17.8. The minimum atomic E-state index is -0.0235. The lowest BCUT2D eigenvalue weighted by Gasteiger charge is -2.03. The zero-order valence-corrected chi connectivity index (χ0v) is 16.2. The topological polar surface area (TPSA) is 25.8 Å². The monoisotopic (exact) mass is 412 g/mol. The highest BCUT2D eigenvalue weighted by molar-refractivity contribution is 9.08. The van der Waals surface area contributed by atoms with Gasteiger partial charge in [-0.15, -0.1) is 11.6 Å². The SMILES string of the molecule is BrCc1ccc2ccccc2n1.CC(Cl)c1ccc2ccccc2n1. The maximum atomic E-state index is 5.94. The van der Waals surface area contributed by atoms with Gasteiger partial charge in [0.15, 0.2) is 0 Å². The van der Waals surface area contributed by atoms with Gasteiger partial charge in [0.2, 0.25) is 0 Å². The molecule has 0 N–H and O–H groups in total. The molecule has 2 aromatic heterocycles. The Balaban J connectivity index is 0.000000146. The summed E-state index contributed by atoms with van der Waals surface area (Å²) in [5.74, 6) is 0. The third-order valence-corrected chi connectivity index (χ3v) is 4.62. The van der Waals surface area contributed by atoms with Crippen molar-refractivity contribution in [3.63, 3.8) is 0 Å². The van der Waals surface area contributed by atoms with E-state index < -0.39 is 0 Å². The van der Waals surface area contributed by atoms with E-state index >= 15 is 0 Å². The molecule has 0 saturated heterocycles. The fraction of sp³-hybridized carbons (Fsp3) is 0.143. The second-order valence-electron chi connectivity index (χ2n) is 5.67. The van der Waals surface area contributed by atoms with Gasteiger partial charge < -0.3 is 0 Å². The molecule has 0 saturated carbocycles. The normalized spacial score (nSPS) is 11.8. The predicted octanol–water partition coefficient (Wildman–Crippen LogP) is 6.66. The van der Waals surface area contributed by atoms with Crippen LogP contribution in [0.5, 0.6) is 0 Å². The summed E-state index contributed by atoms with van der Waals surface area (Å²) in [7, 11) is 0. The van der Waals surface area contributed by atoms with E-state index in [9.17, 15) is 0 Å². The Hall–Kier alpha value is -1.97. The molecule has 0 aliphatic rings. The van der Waals surface area contributed by atoms with Crippen LogP contribution in [0.1, 0.15) is 23.7 Å². The van der Waals surface area contributed by atoms with Crippen LogP contribution in [0.2, 0.25) is 0 Å². The molecule has 4 rings (SSSR count). The Kier molecular flexibility index (Phi) is 6.00. The van der Waals surface area contributed by atoms with E-state index in [-0.39, 0.29) is 5.38 Å². The van der Waals surface area contributed by atoms with Crippen molar-refractivity contribution in [2.45, 2.75) is 17.6 Å². The standard InChI is InChI=1S/C11H10ClN.C10H8BrN/c1-8(12)10-7-6-9-4-2-3-5-11(9)13-10;11-7-9-6-5-8-3-1-2-4-10(8)12-9/h2-8H,1H3;1-6H,7H2. The summed E-state index contributed by atoms with van der Waals surface area (Å²) in [6.45, 7) is 1.93. The summed E-state index contributed by atoms with van der Waals surface area (Å²) < 4.78 is 0. The van der Waals surface area contributed by atoms with Crippen LogP contribution in [0.25, 0.3) is 21.8 Å². The first-order chi connectivity index (χ1) is 12.2. The van der Waals surface area contributed by atoms with Gasteiger partial charge in [-0.3, -0.25) is 9.97 Å². The maximum Gasteiger partial charge on any atom is 0.0729 e. The van der Waals surface area contributed by atoms with Crippen LogP contribution in [0.4, 0.5) is 0 Å². The van der Waals surface area contributed by atoms with Crippen LogP contribution < -0.4 is 0 Å². The smallest absolute Gasteiger partial charge is 0.0729 e. The number of nitrogens with zero attached hydrogens (tertiary/aromatic N) is 2. The zero-order valence-electron chi connectivity index (χ0n) is 13.9. The molecule has 2 aromatic carbocycles. The summed E-state index contributed by atoms with van der Waals surface area (Å²) >= 11 is 9.32. The van der Waals surface area contributed by atoms with Crippen molar-refractivity contribution in [2.75, 3.05) is 0 Å². The molecule has 126 valence electrons. The highest BCUT2D eigenvalue weighted by atomic mass is 79.9. The van der Waals surface area contributed by atoms with Gasteiger partial charge in [-0.1, -0.05) is 64.5 Å². The third kappa shape index (κ3) is 4.56. The van der Waals surface area contributed by atoms with Crippen molar-refractivity contribution in [3.05, 3.63) is 84.2 Å². The summed E-state index contributed by atoms with van der Waals surface area (Å²) in [6, 6.07) is 24.3. The van der Waals surface area contributed by atoms with Gasteiger partial charge in [-0.25, -0.2) is 0 Å². The van der Waals surface area contributed by atoms with Gasteiger partial charge in [0.1, 0.15) is 0 Å². The molecule has 0 fully saturated rings. The molecular weight excluding hydrogens is 396 g/mol. The molecule has 1 atom stereocenters. The van der Waals surface area contributed by atoms with E-state index in [4.69, 9.17) is 11.6 Å². The highest BCUT2D eigenvalue weighted by Gasteiger charge is 2.02. The summed E-state index contributed by atoms with van der Waals surface area (Å²) in [4.78, 5) is 8.89. The Morgan fingerprint density at radius 2 is 1.36 bits per heavy atom. The molecule has 0 bridgehead atoms. The molecule has 4 heteroatoms. The average Bonchev–Trinajstić information content (AvgIpc) is 2.67. The number of benzene rings is 2. The van der Waals surface area contributed by atoms with Gasteiger partial charge in [0.05, 0.1) is 27.8 Å². The molecule has 2 heterocycles. The van der Waals surface area contributed by atoms with E-state index in [0.717, 1.165) is 33.1 Å². The number of halogens is 2. The van der Waals surface area contributed by atoms with Crippen molar-refractivity contribution in [1.82, 2.24) is 9.97 Å². The van der Waals surface area contributed by atoms with Crippen molar-refractivity contribution >= 4 is 49.3 Å². The Labute approximate surface area is 161 Å². The van der Waals surface area contributed by atoms with E-state index in [1.54, 1.807) is 0 Å². The van der Waals surface area contributed by atoms with Crippen molar-refractivity contribution in [2.24, 2.45) is 0 Å². The molecule has 25 heavy (non-hydrogen) atoms. The summed E-state index contributed by atoms with van der Waals surface area (Å²) in [5.41, 5.74) is 4.08. The maximum absolute atomic E-state index is 5.94. The number of alkyl halides is 2. The predicted molar refractivity (Wildman–Crippen MR) is 110 cm³/mol. The lowest BCUT2D eigenvalue weighted by molar-refractivity contribution is 1.01. The second-order valence-corrected chi connectivity index (χ2v) is 6.89. The largest absolute Gasteiger partial charge is 0.252 e. The third-order valence-electron chi connectivity index (χ3n) is 3.82. The van der Waals surface area contributed by atoms with E-state index in [0.29, 0.717) is 0 Å². The zero-order chi connectivity index (χ0) is 17.6. The van der Waals surface area contributed by atoms with E-state index in [1.165, 1.54) is 5.39 Å².